The molecule has 0 N–H and O–H groups in total. The summed E-state index contributed by atoms with van der Waals surface area (Å²) in [4.78, 5) is 4.80. The molecule has 2 rings (SSSR count). The lowest BCUT2D eigenvalue weighted by Gasteiger charge is -2.16. The number of hydrogen-bond acceptors (Lipinski definition) is 2. The van der Waals surface area contributed by atoms with Crippen LogP contribution in [0.15, 0.2) is 59.8 Å². The van der Waals surface area contributed by atoms with Crippen LogP contribution in [-0.4, -0.2) is 12.8 Å². The third-order valence-electron chi connectivity index (χ3n) is 3.70. The molecule has 21 heavy (non-hydrogen) atoms. The molecule has 2 aromatic carbocycles. The van der Waals surface area contributed by atoms with E-state index in [1.54, 1.807) is 7.11 Å². The van der Waals surface area contributed by atoms with Crippen LogP contribution in [0.1, 0.15) is 42.9 Å². The Bertz CT molecular complexity index is 572. The fraction of sp³-hybridized carbons (Fsp3) is 0.316. The van der Waals surface area contributed by atoms with Crippen LogP contribution in [0.5, 0.6) is 0 Å². The average molecular weight is 281 g/mol. The summed E-state index contributed by atoms with van der Waals surface area (Å²) in [5, 5.41) is 3.96. The predicted molar refractivity (Wildman–Crippen MR) is 88.8 cm³/mol. The summed E-state index contributed by atoms with van der Waals surface area (Å²) in [6.07, 6.45) is 1.93. The van der Waals surface area contributed by atoms with Crippen LogP contribution in [0.25, 0.3) is 0 Å². The van der Waals surface area contributed by atoms with Crippen LogP contribution in [0.4, 0.5) is 0 Å². The molecule has 0 aliphatic carbocycles. The van der Waals surface area contributed by atoms with Crippen LogP contribution in [0.2, 0.25) is 0 Å². The second-order valence-electron chi connectivity index (χ2n) is 5.30. The summed E-state index contributed by atoms with van der Waals surface area (Å²) < 4.78 is 0. The Kier molecular flexibility index (Phi) is 5.56. The van der Waals surface area contributed by atoms with Crippen LogP contribution in [-0.2, 0) is 11.3 Å². The van der Waals surface area contributed by atoms with E-state index in [1.165, 1.54) is 16.7 Å². The molecule has 0 bridgehead atoms. The molecule has 0 fully saturated rings. The van der Waals surface area contributed by atoms with E-state index in [1.807, 2.05) is 6.92 Å². The van der Waals surface area contributed by atoms with Crippen LogP contribution < -0.4 is 0 Å². The lowest BCUT2D eigenvalue weighted by molar-refractivity contribution is 0.212. The van der Waals surface area contributed by atoms with E-state index in [4.69, 9.17) is 4.84 Å². The Morgan fingerprint density at radius 2 is 1.62 bits per heavy atom. The molecule has 2 nitrogen and oxygen atoms in total. The Labute approximate surface area is 127 Å². The summed E-state index contributed by atoms with van der Waals surface area (Å²) in [6, 6.07) is 19.5. The van der Waals surface area contributed by atoms with Gasteiger partial charge in [-0.3, -0.25) is 0 Å². The van der Waals surface area contributed by atoms with E-state index in [0.29, 0.717) is 5.92 Å². The van der Waals surface area contributed by atoms with Crippen molar-refractivity contribution in [3.8, 4) is 0 Å². The molecule has 0 radical (unpaired) electrons. The molecule has 1 unspecified atom stereocenters. The quantitative estimate of drug-likeness (QED) is 0.551. The topological polar surface area (TPSA) is 21.6 Å². The highest BCUT2D eigenvalue weighted by molar-refractivity contribution is 5.83. The minimum Gasteiger partial charge on any atom is -0.399 e. The predicted octanol–water partition coefficient (Wildman–Crippen LogP) is 4.79. The van der Waals surface area contributed by atoms with Gasteiger partial charge in [0.15, 0.2) is 0 Å². The first-order valence-corrected chi connectivity index (χ1v) is 7.45. The van der Waals surface area contributed by atoms with Crippen molar-refractivity contribution in [2.24, 2.45) is 5.16 Å². The van der Waals surface area contributed by atoms with Crippen molar-refractivity contribution in [1.29, 1.82) is 0 Å². The van der Waals surface area contributed by atoms with Gasteiger partial charge in [0.1, 0.15) is 7.11 Å². The van der Waals surface area contributed by atoms with Gasteiger partial charge in [-0.2, -0.15) is 0 Å². The summed E-state index contributed by atoms with van der Waals surface area (Å²) in [5.41, 5.74) is 5.00. The summed E-state index contributed by atoms with van der Waals surface area (Å²) >= 11 is 0. The first-order chi connectivity index (χ1) is 10.2. The van der Waals surface area contributed by atoms with E-state index in [0.717, 1.165) is 18.6 Å². The number of nitrogens with zero attached hydrogens (tertiary/aromatic N) is 1. The monoisotopic (exact) mass is 281 g/mol. The first-order valence-electron chi connectivity index (χ1n) is 7.45. The fourth-order valence-electron chi connectivity index (χ4n) is 2.70. The zero-order valence-corrected chi connectivity index (χ0v) is 13.0. The molecule has 2 heteroatoms. The van der Waals surface area contributed by atoms with Gasteiger partial charge in [-0.1, -0.05) is 66.7 Å². The standard InChI is InChI=1S/C19H23NO/c1-4-19(17-8-6-5-7-9-17)18-12-10-16(11-13-18)14-15(2)20-21-3/h5-13,19H,4,14H2,1-3H3/b20-15+. The van der Waals surface area contributed by atoms with Crippen molar-refractivity contribution in [3.05, 3.63) is 71.3 Å². The normalized spacial score (nSPS) is 13.0. The molecule has 0 aliphatic heterocycles. The molecule has 0 saturated heterocycles. The molecule has 0 spiro atoms. The van der Waals surface area contributed by atoms with Gasteiger partial charge in [-0.25, -0.2) is 0 Å². The van der Waals surface area contributed by atoms with Crippen LogP contribution in [0.3, 0.4) is 0 Å². The molecule has 0 aromatic heterocycles. The zero-order valence-electron chi connectivity index (χ0n) is 13.0. The molecule has 110 valence electrons. The summed E-state index contributed by atoms with van der Waals surface area (Å²) in [6.45, 7) is 4.22. The summed E-state index contributed by atoms with van der Waals surface area (Å²) in [7, 11) is 1.58. The van der Waals surface area contributed by atoms with Crippen molar-refractivity contribution in [3.63, 3.8) is 0 Å². The second-order valence-corrected chi connectivity index (χ2v) is 5.30. The average Bonchev–Trinajstić information content (AvgIpc) is 2.51. The molecular formula is C19H23NO. The van der Waals surface area contributed by atoms with Gasteiger partial charge in [0, 0.05) is 12.3 Å². The van der Waals surface area contributed by atoms with Crippen molar-refractivity contribution in [2.75, 3.05) is 7.11 Å². The SMILES string of the molecule is CCC(c1ccccc1)c1ccc(C/C(C)=N/OC)cc1. The lowest BCUT2D eigenvalue weighted by Crippen LogP contribution is -2.01. The maximum atomic E-state index is 4.80. The Hall–Kier alpha value is -2.09. The largest absolute Gasteiger partial charge is 0.399 e. The molecule has 0 amide bonds. The Morgan fingerprint density at radius 3 is 2.19 bits per heavy atom. The highest BCUT2D eigenvalue weighted by atomic mass is 16.6. The van der Waals surface area contributed by atoms with Crippen molar-refractivity contribution in [2.45, 2.75) is 32.6 Å². The third kappa shape index (κ3) is 4.19. The lowest BCUT2D eigenvalue weighted by atomic mass is 9.88. The maximum absolute atomic E-state index is 4.80. The molecular weight excluding hydrogens is 258 g/mol. The Balaban J connectivity index is 2.16. The third-order valence-corrected chi connectivity index (χ3v) is 3.70. The highest BCUT2D eigenvalue weighted by Gasteiger charge is 2.11. The van der Waals surface area contributed by atoms with Crippen molar-refractivity contribution in [1.82, 2.24) is 0 Å². The fourth-order valence-corrected chi connectivity index (χ4v) is 2.70. The van der Waals surface area contributed by atoms with E-state index in [-0.39, 0.29) is 0 Å². The maximum Gasteiger partial charge on any atom is 0.106 e. The number of rotatable bonds is 6. The van der Waals surface area contributed by atoms with Gasteiger partial charge in [-0.05, 0) is 30.0 Å². The smallest absolute Gasteiger partial charge is 0.106 e. The molecule has 2 aromatic rings. The molecule has 0 heterocycles. The molecule has 1 atom stereocenters. The number of hydrogen-bond donors (Lipinski definition) is 0. The first kappa shape index (κ1) is 15.3. The van der Waals surface area contributed by atoms with Crippen molar-refractivity contribution < 1.29 is 4.84 Å². The van der Waals surface area contributed by atoms with Gasteiger partial charge in [0.05, 0.1) is 5.71 Å². The van der Waals surface area contributed by atoms with Gasteiger partial charge in [0.25, 0.3) is 0 Å². The Morgan fingerprint density at radius 1 is 1.00 bits per heavy atom. The number of benzene rings is 2. The minimum atomic E-state index is 0.467. The number of oxime groups is 1. The van der Waals surface area contributed by atoms with Gasteiger partial charge in [0.2, 0.25) is 0 Å². The molecule has 0 saturated carbocycles. The second kappa shape index (κ2) is 7.63. The van der Waals surface area contributed by atoms with Crippen LogP contribution in [0, 0.1) is 0 Å². The van der Waals surface area contributed by atoms with E-state index >= 15 is 0 Å². The zero-order chi connectivity index (χ0) is 15.1. The van der Waals surface area contributed by atoms with E-state index < -0.39 is 0 Å². The van der Waals surface area contributed by atoms with Gasteiger partial charge >= 0.3 is 0 Å². The summed E-state index contributed by atoms with van der Waals surface area (Å²) in [5.74, 6) is 0.467. The highest BCUT2D eigenvalue weighted by Crippen LogP contribution is 2.27. The van der Waals surface area contributed by atoms with E-state index in [9.17, 15) is 0 Å². The van der Waals surface area contributed by atoms with E-state index in [2.05, 4.69) is 66.7 Å². The van der Waals surface area contributed by atoms with Gasteiger partial charge in [-0.15, -0.1) is 0 Å². The van der Waals surface area contributed by atoms with Crippen LogP contribution >= 0.6 is 0 Å². The minimum absolute atomic E-state index is 0.467. The van der Waals surface area contributed by atoms with Crippen molar-refractivity contribution >= 4 is 5.71 Å². The van der Waals surface area contributed by atoms with Gasteiger partial charge < -0.3 is 4.84 Å². The molecule has 0 aliphatic rings.